The molecule has 1 aromatic carbocycles. The molecule has 2 amide bonds. The van der Waals surface area contributed by atoms with Crippen molar-refractivity contribution in [3.8, 4) is 11.8 Å². The molecule has 0 radical (unpaired) electrons. The van der Waals surface area contributed by atoms with Gasteiger partial charge in [-0.05, 0) is 24.6 Å². The van der Waals surface area contributed by atoms with Crippen molar-refractivity contribution in [2.45, 2.75) is 11.8 Å². The first kappa shape index (κ1) is 20.9. The number of aryl methyl sites for hydroxylation is 1. The number of rotatable bonds is 6. The summed E-state index contributed by atoms with van der Waals surface area (Å²) in [4.78, 5) is 31.3. The zero-order chi connectivity index (χ0) is 20.9. The first-order valence-electron chi connectivity index (χ1n) is 7.70. The molecule has 2 rings (SSSR count). The number of urea groups is 1. The zero-order valence-corrected chi connectivity index (χ0v) is 16.3. The normalized spacial score (nSPS) is 10.7. The van der Waals surface area contributed by atoms with Gasteiger partial charge in [0.15, 0.2) is 0 Å². The minimum atomic E-state index is -4.40. The summed E-state index contributed by atoms with van der Waals surface area (Å²) >= 11 is 0. The van der Waals surface area contributed by atoms with E-state index in [2.05, 4.69) is 20.0 Å². The number of carbonyl (C=O) groups is 2. The standard InChI is InChI=1S/C16H18N4O7S/c1-9-5-6-10(14(21)27-4)11(7-9)28(23,24)20-16(22)19-15-17-12(25-2)8-13(18-15)26-3/h5-8H,1-4H3,(H2,17,18,19,20,22). The SMILES string of the molecule is COC(=O)c1ccc(C)cc1S(=O)(=O)NC(=O)Nc1nc(OC)cc(OC)n1. The highest BCUT2D eigenvalue weighted by Crippen LogP contribution is 2.20. The highest BCUT2D eigenvalue weighted by Gasteiger charge is 2.25. The van der Waals surface area contributed by atoms with E-state index < -0.39 is 26.9 Å². The van der Waals surface area contributed by atoms with E-state index in [-0.39, 0.29) is 23.3 Å². The third-order valence-corrected chi connectivity index (χ3v) is 4.75. The Morgan fingerprint density at radius 1 is 1.00 bits per heavy atom. The van der Waals surface area contributed by atoms with Crippen molar-refractivity contribution in [1.82, 2.24) is 14.7 Å². The summed E-state index contributed by atoms with van der Waals surface area (Å²) in [6, 6.07) is 4.31. The molecule has 0 saturated heterocycles. The van der Waals surface area contributed by atoms with Gasteiger partial charge in [0.2, 0.25) is 17.7 Å². The van der Waals surface area contributed by atoms with E-state index in [0.29, 0.717) is 5.56 Å². The number of benzene rings is 1. The van der Waals surface area contributed by atoms with Crippen LogP contribution in [0.3, 0.4) is 0 Å². The first-order chi connectivity index (χ1) is 13.2. The summed E-state index contributed by atoms with van der Waals surface area (Å²) in [5.41, 5.74) is 0.349. The van der Waals surface area contributed by atoms with Crippen molar-refractivity contribution in [3.63, 3.8) is 0 Å². The lowest BCUT2D eigenvalue weighted by atomic mass is 10.1. The Labute approximate surface area is 161 Å². The molecule has 1 heterocycles. The van der Waals surface area contributed by atoms with Crippen LogP contribution in [0.2, 0.25) is 0 Å². The maximum absolute atomic E-state index is 12.6. The van der Waals surface area contributed by atoms with Gasteiger partial charge in [0.1, 0.15) is 4.90 Å². The fourth-order valence-corrected chi connectivity index (χ4v) is 3.29. The second kappa shape index (κ2) is 8.52. The van der Waals surface area contributed by atoms with Crippen molar-refractivity contribution in [3.05, 3.63) is 35.4 Å². The maximum Gasteiger partial charge on any atom is 0.339 e. The van der Waals surface area contributed by atoms with E-state index in [9.17, 15) is 18.0 Å². The lowest BCUT2D eigenvalue weighted by Crippen LogP contribution is -2.35. The monoisotopic (exact) mass is 410 g/mol. The van der Waals surface area contributed by atoms with Gasteiger partial charge in [-0.3, -0.25) is 5.32 Å². The number of carbonyl (C=O) groups excluding carboxylic acids is 2. The molecular formula is C16H18N4O7S. The van der Waals surface area contributed by atoms with Crippen molar-refractivity contribution in [2.24, 2.45) is 0 Å². The van der Waals surface area contributed by atoms with Gasteiger partial charge >= 0.3 is 12.0 Å². The molecule has 0 aliphatic carbocycles. The largest absolute Gasteiger partial charge is 0.481 e. The number of sulfonamides is 1. The number of anilines is 1. The molecule has 0 saturated carbocycles. The molecule has 0 aliphatic rings. The Bertz CT molecular complexity index is 986. The Balaban J connectivity index is 2.29. The van der Waals surface area contributed by atoms with Crippen LogP contribution in [-0.2, 0) is 14.8 Å². The molecule has 0 bridgehead atoms. The summed E-state index contributed by atoms with van der Waals surface area (Å²) in [7, 11) is -0.584. The highest BCUT2D eigenvalue weighted by molar-refractivity contribution is 7.90. The molecule has 0 spiro atoms. The Morgan fingerprint density at radius 3 is 2.14 bits per heavy atom. The van der Waals surface area contributed by atoms with Crippen LogP contribution in [0.1, 0.15) is 15.9 Å². The number of ether oxygens (including phenoxy) is 3. The lowest BCUT2D eigenvalue weighted by Gasteiger charge is -2.12. The molecular weight excluding hydrogens is 392 g/mol. The van der Waals surface area contributed by atoms with E-state index in [0.717, 1.165) is 7.11 Å². The zero-order valence-electron chi connectivity index (χ0n) is 15.5. The summed E-state index contributed by atoms with van der Waals surface area (Å²) in [5, 5.41) is 2.17. The highest BCUT2D eigenvalue weighted by atomic mass is 32.2. The Morgan fingerprint density at radius 2 is 1.61 bits per heavy atom. The summed E-state index contributed by atoms with van der Waals surface area (Å²) in [5.74, 6) is -0.920. The van der Waals surface area contributed by atoms with E-state index in [1.54, 1.807) is 17.7 Å². The van der Waals surface area contributed by atoms with Gasteiger partial charge in [-0.1, -0.05) is 6.07 Å². The lowest BCUT2D eigenvalue weighted by molar-refractivity contribution is 0.0596. The fourth-order valence-electron chi connectivity index (χ4n) is 2.10. The number of esters is 1. The van der Waals surface area contributed by atoms with Crippen LogP contribution in [0.5, 0.6) is 11.8 Å². The Hall–Kier alpha value is -3.41. The molecule has 2 aromatic rings. The van der Waals surface area contributed by atoms with Gasteiger partial charge in [-0.25, -0.2) is 22.7 Å². The van der Waals surface area contributed by atoms with Crippen molar-refractivity contribution in [2.75, 3.05) is 26.6 Å². The predicted molar refractivity (Wildman–Crippen MR) is 97.0 cm³/mol. The maximum atomic E-state index is 12.6. The van der Waals surface area contributed by atoms with E-state index in [1.165, 1.54) is 32.4 Å². The van der Waals surface area contributed by atoms with Gasteiger partial charge < -0.3 is 14.2 Å². The summed E-state index contributed by atoms with van der Waals surface area (Å²) in [6.07, 6.45) is 0. The van der Waals surface area contributed by atoms with Gasteiger partial charge in [-0.2, -0.15) is 9.97 Å². The van der Waals surface area contributed by atoms with E-state index in [1.807, 2.05) is 0 Å². The quantitative estimate of drug-likeness (QED) is 0.668. The third-order valence-electron chi connectivity index (χ3n) is 3.38. The number of hydrogen-bond acceptors (Lipinski definition) is 9. The Kier molecular flexibility index (Phi) is 6.36. The molecule has 1 aromatic heterocycles. The molecule has 0 aliphatic heterocycles. The molecule has 150 valence electrons. The molecule has 11 nitrogen and oxygen atoms in total. The molecule has 28 heavy (non-hydrogen) atoms. The third kappa shape index (κ3) is 4.85. The van der Waals surface area contributed by atoms with Crippen molar-refractivity contribution in [1.29, 1.82) is 0 Å². The van der Waals surface area contributed by atoms with Gasteiger partial charge in [0.05, 0.1) is 33.0 Å². The minimum absolute atomic E-state index is 0.0941. The van der Waals surface area contributed by atoms with E-state index >= 15 is 0 Å². The number of nitrogens with one attached hydrogen (secondary N) is 2. The van der Waals surface area contributed by atoms with Crippen LogP contribution in [0.4, 0.5) is 10.7 Å². The average Bonchev–Trinajstić information content (AvgIpc) is 2.66. The number of amides is 2. The molecule has 12 heteroatoms. The number of aromatic nitrogens is 2. The smallest absolute Gasteiger partial charge is 0.339 e. The topological polar surface area (TPSA) is 146 Å². The van der Waals surface area contributed by atoms with Gasteiger partial charge in [0.25, 0.3) is 10.0 Å². The number of methoxy groups -OCH3 is 3. The average molecular weight is 410 g/mol. The van der Waals surface area contributed by atoms with Crippen LogP contribution in [0, 0.1) is 6.92 Å². The summed E-state index contributed by atoms with van der Waals surface area (Å²) < 4.78 is 41.5. The van der Waals surface area contributed by atoms with Gasteiger partial charge in [0, 0.05) is 0 Å². The van der Waals surface area contributed by atoms with E-state index in [4.69, 9.17) is 9.47 Å². The second-order valence-corrected chi connectivity index (χ2v) is 6.98. The molecule has 0 atom stereocenters. The predicted octanol–water partition coefficient (Wildman–Crippen LogP) is 1.10. The summed E-state index contributed by atoms with van der Waals surface area (Å²) in [6.45, 7) is 1.64. The first-order valence-corrected chi connectivity index (χ1v) is 9.18. The van der Waals surface area contributed by atoms with Crippen molar-refractivity contribution >= 4 is 28.0 Å². The van der Waals surface area contributed by atoms with Crippen LogP contribution in [0.25, 0.3) is 0 Å². The van der Waals surface area contributed by atoms with Crippen LogP contribution >= 0.6 is 0 Å². The minimum Gasteiger partial charge on any atom is -0.481 e. The van der Waals surface area contributed by atoms with Crippen molar-refractivity contribution < 1.29 is 32.2 Å². The second-order valence-electron chi connectivity index (χ2n) is 5.33. The van der Waals surface area contributed by atoms with Crippen LogP contribution < -0.4 is 19.5 Å². The van der Waals surface area contributed by atoms with Crippen LogP contribution in [0.15, 0.2) is 29.2 Å². The number of nitrogens with zero attached hydrogens (tertiary/aromatic N) is 2. The van der Waals surface area contributed by atoms with Crippen LogP contribution in [-0.4, -0.2) is 51.7 Å². The molecule has 0 fully saturated rings. The molecule has 0 unspecified atom stereocenters. The van der Waals surface area contributed by atoms with Gasteiger partial charge in [-0.15, -0.1) is 0 Å². The number of hydrogen-bond donors (Lipinski definition) is 2. The fraction of sp³-hybridized carbons (Fsp3) is 0.250. The molecule has 2 N–H and O–H groups in total.